The Balaban J connectivity index is 2.80. The number of halogens is 1. The highest BCUT2D eigenvalue weighted by molar-refractivity contribution is 6.31. The molecule has 0 saturated carbocycles. The molecule has 1 aromatic rings. The molecular formula is C11H15ClN2O. The molecule has 1 amide bonds. The molecule has 82 valence electrons. The molecule has 0 aliphatic heterocycles. The lowest BCUT2D eigenvalue weighted by Gasteiger charge is -2.12. The van der Waals surface area contributed by atoms with Crippen LogP contribution in [0.5, 0.6) is 0 Å². The third kappa shape index (κ3) is 3.22. The van der Waals surface area contributed by atoms with Crippen molar-refractivity contribution in [3.05, 3.63) is 28.8 Å². The highest BCUT2D eigenvalue weighted by Crippen LogP contribution is 2.20. The van der Waals surface area contributed by atoms with Crippen LogP contribution in [0.3, 0.4) is 0 Å². The van der Waals surface area contributed by atoms with Crippen molar-refractivity contribution in [1.29, 1.82) is 0 Å². The third-order valence-electron chi connectivity index (χ3n) is 2.23. The van der Waals surface area contributed by atoms with Gasteiger partial charge in [-0.25, -0.2) is 0 Å². The van der Waals surface area contributed by atoms with E-state index >= 15 is 0 Å². The van der Waals surface area contributed by atoms with Crippen molar-refractivity contribution in [2.24, 2.45) is 5.73 Å². The van der Waals surface area contributed by atoms with Crippen LogP contribution in [-0.2, 0) is 4.79 Å². The minimum atomic E-state index is -0.469. The number of carbonyl (C=O) groups is 1. The lowest BCUT2D eigenvalue weighted by molar-refractivity contribution is -0.117. The van der Waals surface area contributed by atoms with Gasteiger partial charge in [0.15, 0.2) is 0 Å². The maximum absolute atomic E-state index is 11.5. The average molecular weight is 227 g/mol. The molecule has 3 nitrogen and oxygen atoms in total. The normalized spacial score (nSPS) is 12.3. The topological polar surface area (TPSA) is 55.1 Å². The van der Waals surface area contributed by atoms with E-state index in [2.05, 4.69) is 5.32 Å². The van der Waals surface area contributed by atoms with Gasteiger partial charge in [0, 0.05) is 10.7 Å². The van der Waals surface area contributed by atoms with Gasteiger partial charge in [0.2, 0.25) is 5.91 Å². The van der Waals surface area contributed by atoms with Gasteiger partial charge in [-0.3, -0.25) is 4.79 Å². The van der Waals surface area contributed by atoms with Crippen LogP contribution in [0.4, 0.5) is 5.69 Å². The van der Waals surface area contributed by atoms with Gasteiger partial charge in [0.25, 0.3) is 0 Å². The summed E-state index contributed by atoms with van der Waals surface area (Å²) in [6.45, 7) is 3.78. The molecule has 0 saturated heterocycles. The van der Waals surface area contributed by atoms with Crippen molar-refractivity contribution in [2.45, 2.75) is 26.3 Å². The van der Waals surface area contributed by atoms with E-state index in [1.165, 1.54) is 0 Å². The summed E-state index contributed by atoms with van der Waals surface area (Å²) < 4.78 is 0. The largest absolute Gasteiger partial charge is 0.324 e. The van der Waals surface area contributed by atoms with Crippen LogP contribution in [0.2, 0.25) is 5.02 Å². The van der Waals surface area contributed by atoms with Gasteiger partial charge in [-0.05, 0) is 31.0 Å². The smallest absolute Gasteiger partial charge is 0.241 e. The Bertz CT molecular complexity index is 366. The van der Waals surface area contributed by atoms with Gasteiger partial charge in [-0.2, -0.15) is 0 Å². The standard InChI is InChI=1S/C11H15ClN2O/c1-3-9(13)11(15)14-10-6-8(12)5-4-7(10)2/h4-6,9H,3,13H2,1-2H3,(H,14,15)/t9-/m1/s1. The number of aryl methyl sites for hydroxylation is 1. The first-order valence-corrected chi connectivity index (χ1v) is 5.25. The van der Waals surface area contributed by atoms with Crippen molar-refractivity contribution >= 4 is 23.2 Å². The molecule has 0 unspecified atom stereocenters. The fourth-order valence-corrected chi connectivity index (χ4v) is 1.31. The van der Waals surface area contributed by atoms with E-state index in [4.69, 9.17) is 17.3 Å². The van der Waals surface area contributed by atoms with Gasteiger partial charge >= 0.3 is 0 Å². The van der Waals surface area contributed by atoms with E-state index < -0.39 is 6.04 Å². The monoisotopic (exact) mass is 226 g/mol. The number of hydrogen-bond acceptors (Lipinski definition) is 2. The summed E-state index contributed by atoms with van der Waals surface area (Å²) in [6, 6.07) is 4.89. The van der Waals surface area contributed by atoms with E-state index in [-0.39, 0.29) is 5.91 Å². The zero-order valence-corrected chi connectivity index (χ0v) is 9.64. The lowest BCUT2D eigenvalue weighted by atomic mass is 10.1. The first-order chi connectivity index (χ1) is 7.04. The van der Waals surface area contributed by atoms with Crippen molar-refractivity contribution in [2.75, 3.05) is 5.32 Å². The van der Waals surface area contributed by atoms with Gasteiger partial charge in [0.05, 0.1) is 6.04 Å². The Kier molecular flexibility index (Phi) is 4.12. The molecular weight excluding hydrogens is 212 g/mol. The molecule has 0 spiro atoms. The Morgan fingerprint density at radius 2 is 2.27 bits per heavy atom. The fraction of sp³-hybridized carbons (Fsp3) is 0.364. The maximum atomic E-state index is 11.5. The molecule has 15 heavy (non-hydrogen) atoms. The van der Waals surface area contributed by atoms with Gasteiger partial charge in [0.1, 0.15) is 0 Å². The van der Waals surface area contributed by atoms with Crippen LogP contribution < -0.4 is 11.1 Å². The second-order valence-corrected chi connectivity index (χ2v) is 3.90. The van der Waals surface area contributed by atoms with Crippen molar-refractivity contribution in [1.82, 2.24) is 0 Å². The zero-order chi connectivity index (χ0) is 11.4. The summed E-state index contributed by atoms with van der Waals surface area (Å²) in [4.78, 5) is 11.5. The van der Waals surface area contributed by atoms with Crippen LogP contribution in [0.25, 0.3) is 0 Å². The molecule has 0 fully saturated rings. The molecule has 3 N–H and O–H groups in total. The quantitative estimate of drug-likeness (QED) is 0.831. The maximum Gasteiger partial charge on any atom is 0.241 e. The summed E-state index contributed by atoms with van der Waals surface area (Å²) in [6.07, 6.45) is 0.617. The van der Waals surface area contributed by atoms with E-state index in [0.29, 0.717) is 11.4 Å². The highest BCUT2D eigenvalue weighted by atomic mass is 35.5. The Labute approximate surface area is 94.6 Å². The third-order valence-corrected chi connectivity index (χ3v) is 2.47. The number of hydrogen-bond donors (Lipinski definition) is 2. The van der Waals surface area contributed by atoms with E-state index in [1.54, 1.807) is 12.1 Å². The molecule has 4 heteroatoms. The Morgan fingerprint density at radius 3 is 2.87 bits per heavy atom. The predicted octanol–water partition coefficient (Wildman–Crippen LogP) is 2.32. The van der Waals surface area contributed by atoms with Crippen molar-refractivity contribution < 1.29 is 4.79 Å². The van der Waals surface area contributed by atoms with E-state index in [0.717, 1.165) is 11.3 Å². The second kappa shape index (κ2) is 5.14. The average Bonchev–Trinajstić information content (AvgIpc) is 2.22. The number of rotatable bonds is 3. The molecule has 0 radical (unpaired) electrons. The van der Waals surface area contributed by atoms with Gasteiger partial charge < -0.3 is 11.1 Å². The number of anilines is 1. The minimum absolute atomic E-state index is 0.178. The second-order valence-electron chi connectivity index (χ2n) is 3.46. The Hall–Kier alpha value is -1.06. The molecule has 1 aromatic carbocycles. The number of nitrogens with two attached hydrogens (primary N) is 1. The highest BCUT2D eigenvalue weighted by Gasteiger charge is 2.11. The first kappa shape index (κ1) is 12.0. The van der Waals surface area contributed by atoms with Crippen LogP contribution in [0.15, 0.2) is 18.2 Å². The van der Waals surface area contributed by atoms with Crippen molar-refractivity contribution in [3.8, 4) is 0 Å². The van der Waals surface area contributed by atoms with Gasteiger partial charge in [-0.15, -0.1) is 0 Å². The molecule has 1 atom stereocenters. The van der Waals surface area contributed by atoms with Crippen LogP contribution in [0.1, 0.15) is 18.9 Å². The van der Waals surface area contributed by atoms with Crippen molar-refractivity contribution in [3.63, 3.8) is 0 Å². The van der Waals surface area contributed by atoms with E-state index in [1.807, 2.05) is 19.9 Å². The number of benzene rings is 1. The minimum Gasteiger partial charge on any atom is -0.324 e. The molecule has 0 aromatic heterocycles. The number of amides is 1. The molecule has 1 rings (SSSR count). The number of nitrogens with one attached hydrogen (secondary N) is 1. The van der Waals surface area contributed by atoms with Crippen LogP contribution in [0, 0.1) is 6.92 Å². The summed E-state index contributed by atoms with van der Waals surface area (Å²) in [5.74, 6) is -0.178. The molecule has 0 aliphatic rings. The molecule has 0 bridgehead atoms. The predicted molar refractivity (Wildman–Crippen MR) is 63.1 cm³/mol. The van der Waals surface area contributed by atoms with E-state index in [9.17, 15) is 4.79 Å². The number of carbonyl (C=O) groups excluding carboxylic acids is 1. The first-order valence-electron chi connectivity index (χ1n) is 4.87. The van der Waals surface area contributed by atoms with Gasteiger partial charge in [-0.1, -0.05) is 24.6 Å². The zero-order valence-electron chi connectivity index (χ0n) is 8.88. The fourth-order valence-electron chi connectivity index (χ4n) is 1.14. The Morgan fingerprint density at radius 1 is 1.60 bits per heavy atom. The molecule has 0 aliphatic carbocycles. The SMILES string of the molecule is CC[C@@H](N)C(=O)Nc1cc(Cl)ccc1C. The summed E-state index contributed by atoms with van der Waals surface area (Å²) in [5.41, 5.74) is 7.29. The van der Waals surface area contributed by atoms with Crippen LogP contribution in [-0.4, -0.2) is 11.9 Å². The summed E-state index contributed by atoms with van der Waals surface area (Å²) in [7, 11) is 0. The van der Waals surface area contributed by atoms with Crippen LogP contribution >= 0.6 is 11.6 Å². The summed E-state index contributed by atoms with van der Waals surface area (Å²) in [5, 5.41) is 3.35. The molecule has 0 heterocycles. The summed E-state index contributed by atoms with van der Waals surface area (Å²) >= 11 is 5.83. The lowest BCUT2D eigenvalue weighted by Crippen LogP contribution is -2.34.